The first-order chi connectivity index (χ1) is 10.6. The Morgan fingerprint density at radius 3 is 2.77 bits per heavy atom. The summed E-state index contributed by atoms with van der Waals surface area (Å²) in [5, 5.41) is 21.1. The molecule has 0 unspecified atom stereocenters. The summed E-state index contributed by atoms with van der Waals surface area (Å²) < 4.78 is 1.78. The number of aliphatic imine (C=N–C) groups is 1. The lowest BCUT2D eigenvalue weighted by molar-refractivity contribution is -0.384. The van der Waals surface area contributed by atoms with Gasteiger partial charge in [0.05, 0.1) is 17.2 Å². The van der Waals surface area contributed by atoms with Gasteiger partial charge in [0, 0.05) is 39.0 Å². The third-order valence-corrected chi connectivity index (χ3v) is 3.16. The number of hydrogen-bond acceptors (Lipinski definition) is 4. The zero-order chi connectivity index (χ0) is 15.9. The average Bonchev–Trinajstić information content (AvgIpc) is 2.93. The van der Waals surface area contributed by atoms with Crippen LogP contribution in [0.2, 0.25) is 0 Å². The summed E-state index contributed by atoms with van der Waals surface area (Å²) in [5.41, 5.74) is 1.92. The number of nitrogens with zero attached hydrogens (tertiary/aromatic N) is 4. The number of nitrogens with one attached hydrogen (secondary N) is 2. The first-order valence-electron chi connectivity index (χ1n) is 6.75. The van der Waals surface area contributed by atoms with Gasteiger partial charge in [-0.3, -0.25) is 19.8 Å². The molecule has 0 aliphatic rings. The Hall–Kier alpha value is -2.90. The lowest BCUT2D eigenvalue weighted by Gasteiger charge is -2.12. The summed E-state index contributed by atoms with van der Waals surface area (Å²) in [6, 6.07) is 8.43. The second-order valence-corrected chi connectivity index (χ2v) is 4.65. The zero-order valence-corrected chi connectivity index (χ0v) is 12.5. The minimum atomic E-state index is -0.404. The third-order valence-electron chi connectivity index (χ3n) is 3.16. The van der Waals surface area contributed by atoms with Crippen molar-refractivity contribution in [3.8, 4) is 0 Å². The molecule has 22 heavy (non-hydrogen) atoms. The van der Waals surface area contributed by atoms with Gasteiger partial charge in [-0.25, -0.2) is 0 Å². The Balaban J connectivity index is 1.90. The molecule has 2 rings (SSSR count). The van der Waals surface area contributed by atoms with Crippen LogP contribution in [0.3, 0.4) is 0 Å². The normalized spacial score (nSPS) is 11.3. The first kappa shape index (κ1) is 15.5. The second kappa shape index (κ2) is 7.21. The molecule has 2 N–H and O–H groups in total. The minimum absolute atomic E-state index is 0.0807. The van der Waals surface area contributed by atoms with Crippen molar-refractivity contribution in [1.29, 1.82) is 0 Å². The van der Waals surface area contributed by atoms with Crippen molar-refractivity contribution in [1.82, 2.24) is 20.4 Å². The summed E-state index contributed by atoms with van der Waals surface area (Å²) in [4.78, 5) is 14.5. The number of non-ortho nitro benzene ring substituents is 1. The lowest BCUT2D eigenvalue weighted by atomic mass is 10.2. The predicted molar refractivity (Wildman–Crippen MR) is 83.3 cm³/mol. The lowest BCUT2D eigenvalue weighted by Crippen LogP contribution is -2.36. The van der Waals surface area contributed by atoms with Gasteiger partial charge in [0.25, 0.3) is 5.69 Å². The molecule has 0 aliphatic heterocycles. The Labute approximate surface area is 128 Å². The predicted octanol–water partition coefficient (Wildman–Crippen LogP) is 1.19. The van der Waals surface area contributed by atoms with Gasteiger partial charge >= 0.3 is 0 Å². The molecule has 0 saturated carbocycles. The van der Waals surface area contributed by atoms with Crippen molar-refractivity contribution in [2.45, 2.75) is 13.1 Å². The number of benzene rings is 1. The van der Waals surface area contributed by atoms with E-state index in [4.69, 9.17) is 0 Å². The van der Waals surface area contributed by atoms with Crippen molar-refractivity contribution in [3.05, 3.63) is 57.9 Å². The van der Waals surface area contributed by atoms with Crippen LogP contribution in [0, 0.1) is 10.1 Å². The summed E-state index contributed by atoms with van der Waals surface area (Å²) in [6.07, 6.45) is 1.73. The second-order valence-electron chi connectivity index (χ2n) is 4.65. The van der Waals surface area contributed by atoms with E-state index in [1.54, 1.807) is 30.1 Å². The molecule has 8 heteroatoms. The van der Waals surface area contributed by atoms with E-state index in [0.717, 1.165) is 11.3 Å². The average molecular weight is 302 g/mol. The molecule has 116 valence electrons. The van der Waals surface area contributed by atoms with Gasteiger partial charge in [-0.05, 0) is 11.6 Å². The smallest absolute Gasteiger partial charge is 0.269 e. The molecule has 0 atom stereocenters. The fourth-order valence-electron chi connectivity index (χ4n) is 1.94. The summed E-state index contributed by atoms with van der Waals surface area (Å²) in [6.45, 7) is 1.04. The molecule has 1 aromatic carbocycles. The Bertz CT molecular complexity index is 679. The molecule has 0 saturated heterocycles. The molecule has 0 aliphatic carbocycles. The van der Waals surface area contributed by atoms with Crippen LogP contribution < -0.4 is 10.6 Å². The molecule has 1 heterocycles. The highest BCUT2D eigenvalue weighted by molar-refractivity contribution is 5.79. The third kappa shape index (κ3) is 4.05. The Kier molecular flexibility index (Phi) is 5.07. The van der Waals surface area contributed by atoms with Crippen molar-refractivity contribution in [3.63, 3.8) is 0 Å². The molecule has 0 amide bonds. The molecular weight excluding hydrogens is 284 g/mol. The molecule has 2 aromatic rings. The minimum Gasteiger partial charge on any atom is -0.352 e. The van der Waals surface area contributed by atoms with Crippen LogP contribution >= 0.6 is 0 Å². The maximum Gasteiger partial charge on any atom is 0.269 e. The van der Waals surface area contributed by atoms with Crippen LogP contribution in [-0.4, -0.2) is 27.7 Å². The molecule has 1 aromatic heterocycles. The van der Waals surface area contributed by atoms with E-state index in [1.807, 2.05) is 19.2 Å². The van der Waals surface area contributed by atoms with Gasteiger partial charge in [-0.15, -0.1) is 0 Å². The molecule has 0 fully saturated rings. The molecule has 8 nitrogen and oxygen atoms in total. The van der Waals surface area contributed by atoms with Crippen LogP contribution in [0.25, 0.3) is 0 Å². The van der Waals surface area contributed by atoms with E-state index in [1.165, 1.54) is 6.07 Å². The molecule has 0 bridgehead atoms. The van der Waals surface area contributed by atoms with Crippen LogP contribution in [0.5, 0.6) is 0 Å². The van der Waals surface area contributed by atoms with Crippen molar-refractivity contribution >= 4 is 11.6 Å². The van der Waals surface area contributed by atoms with E-state index in [9.17, 15) is 10.1 Å². The Morgan fingerprint density at radius 1 is 1.36 bits per heavy atom. The molecule has 0 spiro atoms. The van der Waals surface area contributed by atoms with Crippen LogP contribution in [0.15, 0.2) is 41.5 Å². The van der Waals surface area contributed by atoms with E-state index < -0.39 is 4.92 Å². The quantitative estimate of drug-likeness (QED) is 0.374. The monoisotopic (exact) mass is 302 g/mol. The highest BCUT2D eigenvalue weighted by Crippen LogP contribution is 2.12. The van der Waals surface area contributed by atoms with E-state index in [-0.39, 0.29) is 5.69 Å². The van der Waals surface area contributed by atoms with E-state index >= 15 is 0 Å². The van der Waals surface area contributed by atoms with E-state index in [2.05, 4.69) is 20.7 Å². The largest absolute Gasteiger partial charge is 0.352 e. The highest BCUT2D eigenvalue weighted by Gasteiger charge is 2.06. The summed E-state index contributed by atoms with van der Waals surface area (Å²) in [5.74, 6) is 0.618. The first-order valence-corrected chi connectivity index (χ1v) is 6.75. The van der Waals surface area contributed by atoms with Gasteiger partial charge in [-0.1, -0.05) is 12.1 Å². The zero-order valence-electron chi connectivity index (χ0n) is 12.5. The van der Waals surface area contributed by atoms with Crippen molar-refractivity contribution in [2.24, 2.45) is 12.0 Å². The number of nitro benzene ring substituents is 1. The maximum atomic E-state index is 10.8. The number of nitro groups is 1. The van der Waals surface area contributed by atoms with E-state index in [0.29, 0.717) is 19.0 Å². The van der Waals surface area contributed by atoms with Crippen LogP contribution in [-0.2, 0) is 20.1 Å². The SMILES string of the molecule is CN=C(NCc1cccc([N+](=O)[O-])c1)NCc1ccnn1C. The number of aryl methyl sites for hydroxylation is 1. The summed E-state index contributed by atoms with van der Waals surface area (Å²) in [7, 11) is 3.54. The van der Waals surface area contributed by atoms with Crippen LogP contribution in [0.4, 0.5) is 5.69 Å². The summed E-state index contributed by atoms with van der Waals surface area (Å²) >= 11 is 0. The number of rotatable bonds is 5. The van der Waals surface area contributed by atoms with Crippen LogP contribution in [0.1, 0.15) is 11.3 Å². The fraction of sp³-hybridized carbons (Fsp3) is 0.286. The maximum absolute atomic E-state index is 10.8. The van der Waals surface area contributed by atoms with Gasteiger partial charge in [0.1, 0.15) is 0 Å². The fourth-order valence-corrected chi connectivity index (χ4v) is 1.94. The van der Waals surface area contributed by atoms with Crippen molar-refractivity contribution in [2.75, 3.05) is 7.05 Å². The highest BCUT2D eigenvalue weighted by atomic mass is 16.6. The van der Waals surface area contributed by atoms with Crippen molar-refractivity contribution < 1.29 is 4.92 Å². The number of aromatic nitrogens is 2. The van der Waals surface area contributed by atoms with Gasteiger partial charge in [-0.2, -0.15) is 5.10 Å². The number of guanidine groups is 1. The number of hydrogen-bond donors (Lipinski definition) is 2. The molecular formula is C14H18N6O2. The molecule has 0 radical (unpaired) electrons. The Morgan fingerprint density at radius 2 is 2.14 bits per heavy atom. The van der Waals surface area contributed by atoms with Gasteiger partial charge in [0.15, 0.2) is 5.96 Å². The topological polar surface area (TPSA) is 97.4 Å². The standard InChI is InChI=1S/C14H18N6O2/c1-15-14(17-10-13-6-7-18-19(13)2)16-9-11-4-3-5-12(8-11)20(21)22/h3-8H,9-10H2,1-2H3,(H2,15,16,17). The van der Waals surface area contributed by atoms with Gasteiger partial charge < -0.3 is 10.6 Å². The van der Waals surface area contributed by atoms with Gasteiger partial charge in [0.2, 0.25) is 0 Å².